The summed E-state index contributed by atoms with van der Waals surface area (Å²) in [6.45, 7) is 10.4. The molecule has 0 saturated heterocycles. The van der Waals surface area contributed by atoms with Crippen molar-refractivity contribution in [3.8, 4) is 0 Å². The number of carbonyl (C=O) groups is 1. The SMILES string of the molecule is CCCC(c1ccncc1)N(CC)C(=O)OC(C)(C)C. The molecular weight excluding hydrogens is 252 g/mol. The van der Waals surface area contributed by atoms with Gasteiger partial charge in [-0.05, 0) is 51.8 Å². The number of aromatic nitrogens is 1. The van der Waals surface area contributed by atoms with Crippen LogP contribution in [0.3, 0.4) is 0 Å². The largest absolute Gasteiger partial charge is 0.444 e. The van der Waals surface area contributed by atoms with Gasteiger partial charge in [0.1, 0.15) is 5.60 Å². The lowest BCUT2D eigenvalue weighted by Gasteiger charge is -2.33. The van der Waals surface area contributed by atoms with Crippen molar-refractivity contribution in [2.24, 2.45) is 0 Å². The van der Waals surface area contributed by atoms with Crippen molar-refractivity contribution in [1.82, 2.24) is 9.88 Å². The molecule has 0 saturated carbocycles. The van der Waals surface area contributed by atoms with Crippen LogP contribution in [0.1, 0.15) is 59.1 Å². The lowest BCUT2D eigenvalue weighted by Crippen LogP contribution is -2.39. The van der Waals surface area contributed by atoms with Crippen molar-refractivity contribution in [2.75, 3.05) is 6.54 Å². The minimum atomic E-state index is -0.473. The van der Waals surface area contributed by atoms with Crippen molar-refractivity contribution >= 4 is 6.09 Å². The van der Waals surface area contributed by atoms with Crippen LogP contribution in [-0.4, -0.2) is 28.1 Å². The van der Waals surface area contributed by atoms with E-state index in [9.17, 15) is 4.79 Å². The van der Waals surface area contributed by atoms with Gasteiger partial charge in [-0.15, -0.1) is 0 Å². The highest BCUT2D eigenvalue weighted by atomic mass is 16.6. The van der Waals surface area contributed by atoms with Gasteiger partial charge in [-0.2, -0.15) is 0 Å². The van der Waals surface area contributed by atoms with Crippen LogP contribution in [0, 0.1) is 0 Å². The summed E-state index contributed by atoms with van der Waals surface area (Å²) in [5.74, 6) is 0. The molecule has 112 valence electrons. The third-order valence-electron chi connectivity index (χ3n) is 3.00. The highest BCUT2D eigenvalue weighted by Gasteiger charge is 2.27. The molecule has 0 bridgehead atoms. The predicted octanol–water partition coefficient (Wildman–Crippen LogP) is 4.18. The molecule has 1 heterocycles. The summed E-state index contributed by atoms with van der Waals surface area (Å²) < 4.78 is 5.51. The average molecular weight is 278 g/mol. The Hall–Kier alpha value is -1.58. The summed E-state index contributed by atoms with van der Waals surface area (Å²) in [5.41, 5.74) is 0.633. The molecule has 0 spiro atoms. The van der Waals surface area contributed by atoms with Crippen LogP contribution in [0.4, 0.5) is 4.79 Å². The molecular formula is C16H26N2O2. The number of nitrogens with zero attached hydrogens (tertiary/aromatic N) is 2. The van der Waals surface area contributed by atoms with E-state index in [1.807, 2.05) is 39.8 Å². The van der Waals surface area contributed by atoms with Gasteiger partial charge in [-0.1, -0.05) is 13.3 Å². The van der Waals surface area contributed by atoms with Gasteiger partial charge in [0.05, 0.1) is 6.04 Å². The third kappa shape index (κ3) is 4.83. The Morgan fingerprint density at radius 2 is 1.90 bits per heavy atom. The molecule has 1 unspecified atom stereocenters. The van der Waals surface area contributed by atoms with Gasteiger partial charge in [0.2, 0.25) is 0 Å². The van der Waals surface area contributed by atoms with Crippen LogP contribution in [0.15, 0.2) is 24.5 Å². The fraction of sp³-hybridized carbons (Fsp3) is 0.625. The highest BCUT2D eigenvalue weighted by Crippen LogP contribution is 2.26. The van der Waals surface area contributed by atoms with E-state index in [1.54, 1.807) is 17.3 Å². The van der Waals surface area contributed by atoms with Crippen LogP contribution in [0.2, 0.25) is 0 Å². The van der Waals surface area contributed by atoms with E-state index in [1.165, 1.54) is 0 Å². The summed E-state index contributed by atoms with van der Waals surface area (Å²) in [6.07, 6.45) is 5.20. The number of hydrogen-bond acceptors (Lipinski definition) is 3. The molecule has 0 aliphatic carbocycles. The number of carbonyl (C=O) groups excluding carboxylic acids is 1. The summed E-state index contributed by atoms with van der Waals surface area (Å²) >= 11 is 0. The Labute approximate surface area is 122 Å². The van der Waals surface area contributed by atoms with Gasteiger partial charge in [-0.3, -0.25) is 4.98 Å². The second kappa shape index (κ2) is 7.27. The normalized spacial score (nSPS) is 12.8. The topological polar surface area (TPSA) is 42.4 Å². The van der Waals surface area contributed by atoms with Crippen LogP contribution in [-0.2, 0) is 4.74 Å². The van der Waals surface area contributed by atoms with E-state index in [4.69, 9.17) is 4.74 Å². The zero-order chi connectivity index (χ0) is 15.2. The molecule has 1 amide bonds. The molecule has 0 aliphatic heterocycles. The van der Waals surface area contributed by atoms with E-state index in [0.29, 0.717) is 6.54 Å². The van der Waals surface area contributed by atoms with Crippen molar-refractivity contribution < 1.29 is 9.53 Å². The second-order valence-corrected chi connectivity index (χ2v) is 5.85. The summed E-state index contributed by atoms with van der Waals surface area (Å²) in [7, 11) is 0. The maximum absolute atomic E-state index is 12.4. The molecule has 0 fully saturated rings. The molecule has 20 heavy (non-hydrogen) atoms. The third-order valence-corrected chi connectivity index (χ3v) is 3.00. The van der Waals surface area contributed by atoms with Gasteiger partial charge in [0.25, 0.3) is 0 Å². The van der Waals surface area contributed by atoms with E-state index in [-0.39, 0.29) is 12.1 Å². The first-order chi connectivity index (χ1) is 9.39. The molecule has 1 atom stereocenters. The average Bonchev–Trinajstić information content (AvgIpc) is 2.37. The number of rotatable bonds is 5. The fourth-order valence-corrected chi connectivity index (χ4v) is 2.16. The Bertz CT molecular complexity index is 412. The van der Waals surface area contributed by atoms with Gasteiger partial charge in [-0.25, -0.2) is 4.79 Å². The number of pyridine rings is 1. The van der Waals surface area contributed by atoms with Gasteiger partial charge >= 0.3 is 6.09 Å². The molecule has 1 rings (SSSR count). The molecule has 4 heteroatoms. The predicted molar refractivity (Wildman–Crippen MR) is 80.5 cm³/mol. The smallest absolute Gasteiger partial charge is 0.410 e. The Morgan fingerprint density at radius 3 is 2.35 bits per heavy atom. The summed E-state index contributed by atoms with van der Waals surface area (Å²) in [5, 5.41) is 0. The van der Waals surface area contributed by atoms with Crippen molar-refractivity contribution in [2.45, 2.75) is 59.1 Å². The van der Waals surface area contributed by atoms with Crippen LogP contribution >= 0.6 is 0 Å². The van der Waals surface area contributed by atoms with Gasteiger partial charge in [0.15, 0.2) is 0 Å². The minimum absolute atomic E-state index is 0.0443. The van der Waals surface area contributed by atoms with Crippen molar-refractivity contribution in [1.29, 1.82) is 0 Å². The van der Waals surface area contributed by atoms with Crippen molar-refractivity contribution in [3.63, 3.8) is 0 Å². The minimum Gasteiger partial charge on any atom is -0.444 e. The van der Waals surface area contributed by atoms with Crippen molar-refractivity contribution in [3.05, 3.63) is 30.1 Å². The maximum atomic E-state index is 12.4. The quantitative estimate of drug-likeness (QED) is 0.811. The maximum Gasteiger partial charge on any atom is 0.410 e. The van der Waals surface area contributed by atoms with Crippen LogP contribution < -0.4 is 0 Å². The second-order valence-electron chi connectivity index (χ2n) is 5.85. The zero-order valence-electron chi connectivity index (χ0n) is 13.2. The Kier molecular flexibility index (Phi) is 5.99. The summed E-state index contributed by atoms with van der Waals surface area (Å²) in [4.78, 5) is 18.2. The van der Waals surface area contributed by atoms with E-state index >= 15 is 0 Å². The first kappa shape index (κ1) is 16.5. The Balaban J connectivity index is 2.95. The number of amides is 1. The zero-order valence-corrected chi connectivity index (χ0v) is 13.2. The highest BCUT2D eigenvalue weighted by molar-refractivity contribution is 5.68. The monoisotopic (exact) mass is 278 g/mol. The molecule has 0 N–H and O–H groups in total. The van der Waals surface area contributed by atoms with Crippen LogP contribution in [0.25, 0.3) is 0 Å². The molecule has 1 aromatic heterocycles. The van der Waals surface area contributed by atoms with E-state index in [2.05, 4.69) is 11.9 Å². The summed E-state index contributed by atoms with van der Waals surface area (Å²) in [6, 6.07) is 3.98. The lowest BCUT2D eigenvalue weighted by atomic mass is 10.0. The fourth-order valence-electron chi connectivity index (χ4n) is 2.16. The van der Waals surface area contributed by atoms with Crippen LogP contribution in [0.5, 0.6) is 0 Å². The molecule has 4 nitrogen and oxygen atoms in total. The van der Waals surface area contributed by atoms with E-state index < -0.39 is 5.60 Å². The molecule has 0 aromatic carbocycles. The van der Waals surface area contributed by atoms with Gasteiger partial charge in [0, 0.05) is 18.9 Å². The van der Waals surface area contributed by atoms with Gasteiger partial charge < -0.3 is 9.64 Å². The standard InChI is InChI=1S/C16H26N2O2/c1-6-8-14(13-9-11-17-12-10-13)18(7-2)15(19)20-16(3,4)5/h9-12,14H,6-8H2,1-5H3. The molecule has 1 aromatic rings. The number of ether oxygens (including phenoxy) is 1. The molecule has 0 aliphatic rings. The van der Waals surface area contributed by atoms with E-state index in [0.717, 1.165) is 18.4 Å². The molecule has 0 radical (unpaired) electrons. The Morgan fingerprint density at radius 1 is 1.30 bits per heavy atom. The lowest BCUT2D eigenvalue weighted by molar-refractivity contribution is 0.0160. The first-order valence-electron chi connectivity index (χ1n) is 7.28. The number of hydrogen-bond donors (Lipinski definition) is 0. The first-order valence-corrected chi connectivity index (χ1v) is 7.28.